The van der Waals surface area contributed by atoms with Gasteiger partial charge < -0.3 is 19.4 Å². The molecular formula is C26H28N2O3. The summed E-state index contributed by atoms with van der Waals surface area (Å²) in [6, 6.07) is 14.3. The van der Waals surface area contributed by atoms with E-state index in [0.29, 0.717) is 18.0 Å². The molecule has 0 bridgehead atoms. The van der Waals surface area contributed by atoms with Crippen molar-refractivity contribution in [1.29, 1.82) is 0 Å². The minimum atomic E-state index is -0.342. The number of rotatable bonds is 5. The van der Waals surface area contributed by atoms with E-state index < -0.39 is 0 Å². The van der Waals surface area contributed by atoms with Crippen LogP contribution in [0.1, 0.15) is 53.9 Å². The van der Waals surface area contributed by atoms with Crippen molar-refractivity contribution in [3.63, 3.8) is 0 Å². The van der Waals surface area contributed by atoms with Crippen molar-refractivity contribution in [1.82, 2.24) is 9.55 Å². The molecular weight excluding hydrogens is 388 g/mol. The van der Waals surface area contributed by atoms with E-state index in [4.69, 9.17) is 4.74 Å². The van der Waals surface area contributed by atoms with Crippen LogP contribution in [0.15, 0.2) is 48.7 Å². The minimum Gasteiger partial charge on any atom is -0.465 e. The van der Waals surface area contributed by atoms with Gasteiger partial charge in [0.05, 0.1) is 30.5 Å². The number of ether oxygens (including phenoxy) is 1. The number of carbonyl (C=O) groups excluding carboxylic acids is 1. The van der Waals surface area contributed by atoms with Crippen molar-refractivity contribution in [3.8, 4) is 11.3 Å². The predicted molar refractivity (Wildman–Crippen MR) is 123 cm³/mol. The van der Waals surface area contributed by atoms with Gasteiger partial charge in [-0.1, -0.05) is 43.5 Å². The number of aliphatic hydroxyl groups excluding tert-OH is 1. The molecule has 2 aromatic heterocycles. The number of esters is 1. The predicted octanol–water partition coefficient (Wildman–Crippen LogP) is 5.62. The average molecular weight is 417 g/mol. The van der Waals surface area contributed by atoms with E-state index in [1.165, 1.54) is 55.5 Å². The number of aliphatic hydroxyl groups is 1. The van der Waals surface area contributed by atoms with Gasteiger partial charge in [0.1, 0.15) is 0 Å². The van der Waals surface area contributed by atoms with Crippen LogP contribution in [0.25, 0.3) is 33.1 Å². The first kappa shape index (κ1) is 19.9. The van der Waals surface area contributed by atoms with E-state index in [9.17, 15) is 9.90 Å². The summed E-state index contributed by atoms with van der Waals surface area (Å²) in [4.78, 5) is 15.7. The lowest BCUT2D eigenvalue weighted by Gasteiger charge is -2.24. The first-order chi connectivity index (χ1) is 15.2. The second kappa shape index (κ2) is 8.23. The fourth-order valence-corrected chi connectivity index (χ4v) is 5.33. The molecule has 5 rings (SSSR count). The maximum atomic E-state index is 12.2. The molecule has 0 saturated heterocycles. The molecule has 1 aliphatic rings. The molecule has 1 saturated carbocycles. The Balaban J connectivity index is 1.85. The molecule has 0 spiro atoms. The Morgan fingerprint density at radius 3 is 2.77 bits per heavy atom. The number of aromatic nitrogens is 2. The lowest BCUT2D eigenvalue weighted by atomic mass is 9.81. The Kier molecular flexibility index (Phi) is 5.28. The molecule has 5 nitrogen and oxygen atoms in total. The molecule has 0 radical (unpaired) electrons. The summed E-state index contributed by atoms with van der Waals surface area (Å²) in [5.74, 6) is 0.131. The van der Waals surface area contributed by atoms with Crippen LogP contribution in [0.2, 0.25) is 0 Å². The third-order valence-electron chi connectivity index (χ3n) is 6.70. The van der Waals surface area contributed by atoms with Crippen LogP contribution in [0.3, 0.4) is 0 Å². The van der Waals surface area contributed by atoms with Crippen LogP contribution in [0, 0.1) is 0 Å². The fraction of sp³-hybridized carbons (Fsp3) is 0.346. The second-order valence-corrected chi connectivity index (χ2v) is 8.44. The van der Waals surface area contributed by atoms with E-state index in [2.05, 4.69) is 39.9 Å². The number of aromatic amines is 1. The zero-order valence-electron chi connectivity index (χ0n) is 17.9. The fourth-order valence-electron chi connectivity index (χ4n) is 5.33. The van der Waals surface area contributed by atoms with Gasteiger partial charge in [0, 0.05) is 34.6 Å². The van der Waals surface area contributed by atoms with Crippen molar-refractivity contribution in [2.45, 2.75) is 44.6 Å². The highest BCUT2D eigenvalue weighted by atomic mass is 16.5. The summed E-state index contributed by atoms with van der Waals surface area (Å²) < 4.78 is 7.16. The highest BCUT2D eigenvalue weighted by Gasteiger charge is 2.27. The maximum Gasteiger partial charge on any atom is 0.337 e. The Hall–Kier alpha value is -3.05. The smallest absolute Gasteiger partial charge is 0.337 e. The highest BCUT2D eigenvalue weighted by molar-refractivity contribution is 6.02. The highest BCUT2D eigenvalue weighted by Crippen LogP contribution is 2.45. The Bertz CT molecular complexity index is 1240. The number of methoxy groups -OCH3 is 1. The molecule has 2 heterocycles. The molecule has 160 valence electrons. The number of nitrogens with zero attached hydrogens (tertiary/aromatic N) is 1. The van der Waals surface area contributed by atoms with Gasteiger partial charge in [-0.3, -0.25) is 0 Å². The zero-order valence-corrected chi connectivity index (χ0v) is 17.9. The Labute approximate surface area is 181 Å². The maximum absolute atomic E-state index is 12.2. The van der Waals surface area contributed by atoms with Crippen LogP contribution in [0.5, 0.6) is 0 Å². The first-order valence-corrected chi connectivity index (χ1v) is 11.1. The van der Waals surface area contributed by atoms with E-state index in [-0.39, 0.29) is 12.6 Å². The molecule has 31 heavy (non-hydrogen) atoms. The van der Waals surface area contributed by atoms with Gasteiger partial charge in [0.2, 0.25) is 0 Å². The van der Waals surface area contributed by atoms with Gasteiger partial charge in [-0.25, -0.2) is 4.79 Å². The molecule has 5 heteroatoms. The molecule has 2 aromatic carbocycles. The van der Waals surface area contributed by atoms with Gasteiger partial charge >= 0.3 is 5.97 Å². The number of nitrogens with one attached hydrogen (secondary N) is 1. The van der Waals surface area contributed by atoms with E-state index in [1.54, 1.807) is 0 Å². The normalized spacial score (nSPS) is 15.0. The Morgan fingerprint density at radius 2 is 2.00 bits per heavy atom. The molecule has 1 aliphatic carbocycles. The molecule has 4 aromatic rings. The largest absolute Gasteiger partial charge is 0.465 e. The van der Waals surface area contributed by atoms with Crippen LogP contribution in [-0.4, -0.2) is 34.3 Å². The topological polar surface area (TPSA) is 67.2 Å². The molecule has 0 atom stereocenters. The van der Waals surface area contributed by atoms with Gasteiger partial charge in [0.25, 0.3) is 0 Å². The number of H-pyrrole nitrogens is 1. The summed E-state index contributed by atoms with van der Waals surface area (Å²) >= 11 is 0. The van der Waals surface area contributed by atoms with Gasteiger partial charge in [-0.05, 0) is 42.5 Å². The standard InChI is InChI=1S/C26H28N2O3/c1-31-26(30)19-10-11-20-22(16-19)28(14-15-29)25(23(20)17-6-3-2-4-7-17)21-9-5-8-18-12-13-27-24(18)21/h5,8-13,16-17,27,29H,2-4,6-7,14-15H2,1H3. The lowest BCUT2D eigenvalue weighted by Crippen LogP contribution is -2.09. The van der Waals surface area contributed by atoms with Crippen molar-refractivity contribution in [3.05, 3.63) is 59.8 Å². The third kappa shape index (κ3) is 3.33. The minimum absolute atomic E-state index is 0.0318. The van der Waals surface area contributed by atoms with Gasteiger partial charge in [-0.15, -0.1) is 0 Å². The van der Waals surface area contributed by atoms with Crippen LogP contribution < -0.4 is 0 Å². The monoisotopic (exact) mass is 416 g/mol. The number of hydrogen-bond donors (Lipinski definition) is 2. The van der Waals surface area contributed by atoms with Crippen molar-refractivity contribution in [2.75, 3.05) is 13.7 Å². The summed E-state index contributed by atoms with van der Waals surface area (Å²) in [7, 11) is 1.41. The number of carbonyl (C=O) groups is 1. The number of para-hydroxylation sites is 1. The average Bonchev–Trinajstić information content (AvgIpc) is 3.42. The van der Waals surface area contributed by atoms with Crippen molar-refractivity contribution >= 4 is 27.8 Å². The van der Waals surface area contributed by atoms with Crippen LogP contribution >= 0.6 is 0 Å². The summed E-state index contributed by atoms with van der Waals surface area (Å²) in [6.07, 6.45) is 8.09. The van der Waals surface area contributed by atoms with E-state index in [0.717, 1.165) is 22.3 Å². The first-order valence-electron chi connectivity index (χ1n) is 11.1. The van der Waals surface area contributed by atoms with E-state index >= 15 is 0 Å². The van der Waals surface area contributed by atoms with E-state index in [1.807, 2.05) is 18.3 Å². The molecule has 0 amide bonds. The molecule has 1 fully saturated rings. The summed E-state index contributed by atoms with van der Waals surface area (Å²) in [5.41, 5.74) is 6.28. The zero-order chi connectivity index (χ0) is 21.4. The van der Waals surface area contributed by atoms with Crippen LogP contribution in [-0.2, 0) is 11.3 Å². The summed E-state index contributed by atoms with van der Waals surface area (Å²) in [5, 5.41) is 12.3. The molecule has 0 aliphatic heterocycles. The van der Waals surface area contributed by atoms with Crippen molar-refractivity contribution in [2.24, 2.45) is 0 Å². The molecule has 2 N–H and O–H groups in total. The lowest BCUT2D eigenvalue weighted by molar-refractivity contribution is 0.0601. The summed E-state index contributed by atoms with van der Waals surface area (Å²) in [6.45, 7) is 0.504. The third-order valence-corrected chi connectivity index (χ3v) is 6.70. The molecule has 0 unspecified atom stereocenters. The van der Waals surface area contributed by atoms with Gasteiger partial charge in [-0.2, -0.15) is 0 Å². The van der Waals surface area contributed by atoms with Gasteiger partial charge in [0.15, 0.2) is 0 Å². The van der Waals surface area contributed by atoms with Crippen molar-refractivity contribution < 1.29 is 14.6 Å². The number of hydrogen-bond acceptors (Lipinski definition) is 3. The van der Waals surface area contributed by atoms with Crippen LogP contribution in [0.4, 0.5) is 0 Å². The SMILES string of the molecule is COC(=O)c1ccc2c(C3CCCCC3)c(-c3cccc4cc[nH]c34)n(CCO)c2c1. The quantitative estimate of drug-likeness (QED) is 0.415. The Morgan fingerprint density at radius 1 is 1.16 bits per heavy atom. The number of benzene rings is 2. The second-order valence-electron chi connectivity index (χ2n) is 8.44. The number of fused-ring (bicyclic) bond motifs is 2.